The molecule has 0 aliphatic heterocycles. The Morgan fingerprint density at radius 1 is 1.35 bits per heavy atom. The summed E-state index contributed by atoms with van der Waals surface area (Å²) in [6.07, 6.45) is 3.25. The number of rotatable bonds is 6. The summed E-state index contributed by atoms with van der Waals surface area (Å²) in [5.74, 6) is 1.60. The van der Waals surface area contributed by atoms with Crippen molar-refractivity contribution in [3.05, 3.63) is 23.4 Å². The molecule has 0 spiro atoms. The van der Waals surface area contributed by atoms with Crippen LogP contribution in [0.4, 0.5) is 5.82 Å². The van der Waals surface area contributed by atoms with E-state index in [0.29, 0.717) is 11.9 Å². The predicted molar refractivity (Wildman–Crippen MR) is 75.9 cm³/mol. The zero-order valence-corrected chi connectivity index (χ0v) is 12.1. The van der Waals surface area contributed by atoms with Crippen LogP contribution in [0, 0.1) is 0 Å². The van der Waals surface area contributed by atoms with Gasteiger partial charge in [0, 0.05) is 24.7 Å². The number of halogens is 1. The van der Waals surface area contributed by atoms with Crippen molar-refractivity contribution in [1.29, 1.82) is 0 Å². The van der Waals surface area contributed by atoms with Crippen LogP contribution < -0.4 is 4.90 Å². The zero-order valence-electron chi connectivity index (χ0n) is 11.3. The van der Waals surface area contributed by atoms with Crippen LogP contribution in [-0.4, -0.2) is 18.1 Å². The van der Waals surface area contributed by atoms with Gasteiger partial charge in [0.2, 0.25) is 0 Å². The Kier molecular flexibility index (Phi) is 5.76. The van der Waals surface area contributed by atoms with E-state index in [2.05, 4.69) is 44.9 Å². The Hall–Kier alpha value is -0.760. The highest BCUT2D eigenvalue weighted by atomic mass is 35.5. The van der Waals surface area contributed by atoms with Gasteiger partial charge in [0.05, 0.1) is 0 Å². The summed E-state index contributed by atoms with van der Waals surface area (Å²) in [4.78, 5) is 6.94. The van der Waals surface area contributed by atoms with E-state index in [9.17, 15) is 0 Å². The molecule has 1 heterocycles. The normalized spacial score (nSPS) is 12.5. The molecule has 0 aromatic carbocycles. The summed E-state index contributed by atoms with van der Waals surface area (Å²) >= 11 is 5.94. The highest BCUT2D eigenvalue weighted by Gasteiger charge is 2.11. The van der Waals surface area contributed by atoms with Crippen molar-refractivity contribution in [2.24, 2.45) is 0 Å². The Labute approximate surface area is 110 Å². The summed E-state index contributed by atoms with van der Waals surface area (Å²) in [6, 6.07) is 4.71. The Balaban J connectivity index is 3.01. The number of nitrogens with zero attached hydrogens (tertiary/aromatic N) is 2. The Morgan fingerprint density at radius 2 is 2.06 bits per heavy atom. The lowest BCUT2D eigenvalue weighted by Crippen LogP contribution is -2.29. The number of alkyl halides is 1. The molecular weight excluding hydrogens is 232 g/mol. The summed E-state index contributed by atoms with van der Waals surface area (Å²) in [7, 11) is 2.10. The summed E-state index contributed by atoms with van der Waals surface area (Å²) < 4.78 is 0. The summed E-state index contributed by atoms with van der Waals surface area (Å²) in [6.45, 7) is 6.58. The monoisotopic (exact) mass is 254 g/mol. The molecule has 0 bridgehead atoms. The Bertz CT molecular complexity index is 352. The van der Waals surface area contributed by atoms with E-state index < -0.39 is 0 Å². The van der Waals surface area contributed by atoms with Gasteiger partial charge in [0.1, 0.15) is 5.82 Å². The minimum absolute atomic E-state index is 0.502. The molecule has 0 saturated heterocycles. The number of aryl methyl sites for hydroxylation is 1. The van der Waals surface area contributed by atoms with Crippen molar-refractivity contribution in [3.8, 4) is 0 Å². The smallest absolute Gasteiger partial charge is 0.129 e. The molecule has 17 heavy (non-hydrogen) atoms. The molecule has 0 saturated carbocycles. The van der Waals surface area contributed by atoms with Crippen LogP contribution in [0.25, 0.3) is 0 Å². The first kappa shape index (κ1) is 14.3. The lowest BCUT2D eigenvalue weighted by Gasteiger charge is -2.25. The average Bonchev–Trinajstić information content (AvgIpc) is 2.36. The lowest BCUT2D eigenvalue weighted by atomic mass is 10.1. The fraction of sp³-hybridized carbons (Fsp3) is 0.643. The second-order valence-electron chi connectivity index (χ2n) is 4.58. The quantitative estimate of drug-likeness (QED) is 0.713. The molecule has 0 amide bonds. The van der Waals surface area contributed by atoms with Crippen LogP contribution in [0.3, 0.4) is 0 Å². The second-order valence-corrected chi connectivity index (χ2v) is 4.84. The molecular formula is C14H23ClN2. The minimum Gasteiger partial charge on any atom is -0.357 e. The molecule has 1 aromatic heterocycles. The molecule has 0 aliphatic carbocycles. The van der Waals surface area contributed by atoms with E-state index >= 15 is 0 Å². The molecule has 2 nitrogen and oxygen atoms in total. The first-order chi connectivity index (χ1) is 8.12. The highest BCUT2D eigenvalue weighted by molar-refractivity contribution is 6.17. The molecule has 1 aromatic rings. The van der Waals surface area contributed by atoms with Gasteiger partial charge in [-0.25, -0.2) is 4.98 Å². The van der Waals surface area contributed by atoms with Gasteiger partial charge in [-0.3, -0.25) is 0 Å². The van der Waals surface area contributed by atoms with Crippen LogP contribution >= 0.6 is 11.6 Å². The van der Waals surface area contributed by atoms with Gasteiger partial charge in [-0.05, 0) is 37.5 Å². The molecule has 1 rings (SSSR count). The molecule has 0 fully saturated rings. The third-order valence-electron chi connectivity index (χ3n) is 3.20. The van der Waals surface area contributed by atoms with Crippen LogP contribution in [-0.2, 0) is 12.3 Å². The number of hydrogen-bond donors (Lipinski definition) is 0. The van der Waals surface area contributed by atoms with Gasteiger partial charge in [0.25, 0.3) is 0 Å². The number of aromatic nitrogens is 1. The lowest BCUT2D eigenvalue weighted by molar-refractivity contribution is 0.654. The van der Waals surface area contributed by atoms with Crippen molar-refractivity contribution in [2.45, 2.75) is 52.0 Å². The van der Waals surface area contributed by atoms with Gasteiger partial charge in [-0.15, -0.1) is 11.6 Å². The number of pyridine rings is 1. The van der Waals surface area contributed by atoms with Crippen LogP contribution in [0.1, 0.15) is 44.9 Å². The van der Waals surface area contributed by atoms with Crippen LogP contribution in [0.15, 0.2) is 12.1 Å². The van der Waals surface area contributed by atoms with Crippen LogP contribution in [0.2, 0.25) is 0 Å². The van der Waals surface area contributed by atoms with E-state index in [4.69, 9.17) is 16.6 Å². The van der Waals surface area contributed by atoms with E-state index in [0.717, 1.165) is 36.3 Å². The Morgan fingerprint density at radius 3 is 2.59 bits per heavy atom. The molecule has 1 unspecified atom stereocenters. The van der Waals surface area contributed by atoms with Gasteiger partial charge in [-0.2, -0.15) is 0 Å². The number of hydrogen-bond acceptors (Lipinski definition) is 2. The molecule has 0 radical (unpaired) electrons. The van der Waals surface area contributed by atoms with Gasteiger partial charge >= 0.3 is 0 Å². The van der Waals surface area contributed by atoms with Gasteiger partial charge in [0.15, 0.2) is 0 Å². The van der Waals surface area contributed by atoms with Crippen molar-refractivity contribution in [1.82, 2.24) is 4.98 Å². The molecule has 0 N–H and O–H groups in total. The topological polar surface area (TPSA) is 16.1 Å². The predicted octanol–water partition coefficient (Wildman–Crippen LogP) is 4.01. The molecule has 1 atom stereocenters. The van der Waals surface area contributed by atoms with Crippen LogP contribution in [0.5, 0.6) is 0 Å². The fourth-order valence-corrected chi connectivity index (χ4v) is 1.93. The zero-order chi connectivity index (χ0) is 12.8. The van der Waals surface area contributed by atoms with E-state index in [1.165, 1.54) is 0 Å². The SMILES string of the molecule is CCCc1cc(CCl)cc(N(C)C(C)CC)n1. The maximum Gasteiger partial charge on any atom is 0.129 e. The molecule has 0 aliphatic rings. The average molecular weight is 255 g/mol. The first-order valence-corrected chi connectivity index (χ1v) is 6.94. The molecule has 3 heteroatoms. The van der Waals surface area contributed by atoms with E-state index in [-0.39, 0.29) is 0 Å². The third kappa shape index (κ3) is 3.88. The standard InChI is InChI=1S/C14H23ClN2/c1-5-7-13-8-12(10-15)9-14(16-13)17(4)11(3)6-2/h8-9,11H,5-7,10H2,1-4H3. The van der Waals surface area contributed by atoms with Gasteiger partial charge < -0.3 is 4.90 Å². The van der Waals surface area contributed by atoms with E-state index in [1.807, 2.05) is 0 Å². The maximum absolute atomic E-state index is 5.94. The van der Waals surface area contributed by atoms with Gasteiger partial charge in [-0.1, -0.05) is 20.3 Å². The van der Waals surface area contributed by atoms with Crippen molar-refractivity contribution >= 4 is 17.4 Å². The second kappa shape index (κ2) is 6.85. The van der Waals surface area contributed by atoms with E-state index in [1.54, 1.807) is 0 Å². The largest absolute Gasteiger partial charge is 0.357 e. The van der Waals surface area contributed by atoms with Crippen molar-refractivity contribution < 1.29 is 0 Å². The first-order valence-electron chi connectivity index (χ1n) is 6.41. The summed E-state index contributed by atoms with van der Waals surface area (Å²) in [5.41, 5.74) is 2.31. The number of anilines is 1. The highest BCUT2D eigenvalue weighted by Crippen LogP contribution is 2.19. The van der Waals surface area contributed by atoms with Crippen molar-refractivity contribution in [2.75, 3.05) is 11.9 Å². The minimum atomic E-state index is 0.502. The molecule has 96 valence electrons. The third-order valence-corrected chi connectivity index (χ3v) is 3.51. The summed E-state index contributed by atoms with van der Waals surface area (Å²) in [5, 5.41) is 0. The maximum atomic E-state index is 5.94. The van der Waals surface area contributed by atoms with Crippen molar-refractivity contribution in [3.63, 3.8) is 0 Å². The fourth-order valence-electron chi connectivity index (χ4n) is 1.77.